The van der Waals surface area contributed by atoms with Crippen molar-refractivity contribution in [2.45, 2.75) is 13.8 Å². The quantitative estimate of drug-likeness (QED) is 0.630. The van der Waals surface area contributed by atoms with Crippen LogP contribution in [0, 0.1) is 0 Å². The van der Waals surface area contributed by atoms with E-state index in [1.165, 1.54) is 6.07 Å². The number of phenols is 2. The molecule has 0 saturated carbocycles. The van der Waals surface area contributed by atoms with Crippen molar-refractivity contribution in [1.29, 1.82) is 0 Å². The normalized spacial score (nSPS) is 13.1. The number of hydrogen-bond acceptors (Lipinski definition) is 3. The van der Waals surface area contributed by atoms with Gasteiger partial charge in [-0.05, 0) is 37.6 Å². The van der Waals surface area contributed by atoms with Crippen molar-refractivity contribution in [3.63, 3.8) is 0 Å². The molecule has 0 aliphatic heterocycles. The van der Waals surface area contributed by atoms with E-state index in [1.807, 2.05) is 38.2 Å². The van der Waals surface area contributed by atoms with Crippen molar-refractivity contribution >= 4 is 6.08 Å². The van der Waals surface area contributed by atoms with Crippen LogP contribution in [0.5, 0.6) is 11.5 Å². The van der Waals surface area contributed by atoms with E-state index in [0.717, 1.165) is 16.9 Å². The number of allylic oxidation sites excluding steroid dienone is 5. The maximum absolute atomic E-state index is 9.33. The maximum Gasteiger partial charge on any atom is 0.119 e. The predicted octanol–water partition coefficient (Wildman–Crippen LogP) is 3.61. The van der Waals surface area contributed by atoms with Gasteiger partial charge >= 0.3 is 0 Å². The van der Waals surface area contributed by atoms with Crippen LogP contribution in [0.2, 0.25) is 0 Å². The van der Waals surface area contributed by atoms with E-state index < -0.39 is 0 Å². The lowest BCUT2D eigenvalue weighted by Crippen LogP contribution is -1.77. The number of hydrogen-bond donors (Lipinski definition) is 2. The molecule has 0 amide bonds. The fraction of sp³-hybridized carbons (Fsp3) is 0.200. The lowest BCUT2D eigenvalue weighted by Gasteiger charge is -1.98. The van der Waals surface area contributed by atoms with Crippen molar-refractivity contribution < 1.29 is 14.9 Å². The molecule has 1 aromatic carbocycles. The van der Waals surface area contributed by atoms with E-state index in [2.05, 4.69) is 0 Å². The summed E-state index contributed by atoms with van der Waals surface area (Å²) < 4.78 is 5.02. The van der Waals surface area contributed by atoms with Gasteiger partial charge in [0.1, 0.15) is 11.5 Å². The first-order chi connectivity index (χ1) is 8.51. The summed E-state index contributed by atoms with van der Waals surface area (Å²) in [4.78, 5) is 0. The molecule has 0 fully saturated rings. The smallest absolute Gasteiger partial charge is 0.119 e. The average Bonchev–Trinajstić information content (AvgIpc) is 2.32. The predicted molar refractivity (Wildman–Crippen MR) is 73.3 cm³/mol. The molecule has 0 aromatic heterocycles. The molecular formula is C15H18O3. The van der Waals surface area contributed by atoms with Crippen LogP contribution in [0.15, 0.2) is 47.8 Å². The number of rotatable bonds is 4. The van der Waals surface area contributed by atoms with Gasteiger partial charge in [-0.2, -0.15) is 0 Å². The Morgan fingerprint density at radius 2 is 1.67 bits per heavy atom. The average molecular weight is 246 g/mol. The van der Waals surface area contributed by atoms with Crippen LogP contribution in [-0.4, -0.2) is 17.3 Å². The van der Waals surface area contributed by atoms with E-state index in [9.17, 15) is 10.2 Å². The molecule has 18 heavy (non-hydrogen) atoms. The SMILES string of the molecule is CO/C(C)=C/C=C(C)/C=C/c1cc(O)cc(O)c1. The van der Waals surface area contributed by atoms with Gasteiger partial charge in [0.2, 0.25) is 0 Å². The Hall–Kier alpha value is -2.16. The zero-order valence-corrected chi connectivity index (χ0v) is 10.8. The highest BCUT2D eigenvalue weighted by Gasteiger charge is 1.95. The van der Waals surface area contributed by atoms with Crippen LogP contribution in [0.25, 0.3) is 6.08 Å². The second-order valence-electron chi connectivity index (χ2n) is 4.01. The van der Waals surface area contributed by atoms with Gasteiger partial charge in [0, 0.05) is 6.07 Å². The molecule has 0 unspecified atom stereocenters. The first-order valence-electron chi connectivity index (χ1n) is 5.61. The number of benzene rings is 1. The highest BCUT2D eigenvalue weighted by Crippen LogP contribution is 2.21. The third-order valence-corrected chi connectivity index (χ3v) is 2.37. The van der Waals surface area contributed by atoms with E-state index in [1.54, 1.807) is 19.2 Å². The maximum atomic E-state index is 9.33. The topological polar surface area (TPSA) is 49.7 Å². The Morgan fingerprint density at radius 3 is 2.22 bits per heavy atom. The zero-order chi connectivity index (χ0) is 13.5. The lowest BCUT2D eigenvalue weighted by atomic mass is 10.1. The highest BCUT2D eigenvalue weighted by atomic mass is 16.5. The summed E-state index contributed by atoms with van der Waals surface area (Å²) in [6.45, 7) is 3.83. The van der Waals surface area contributed by atoms with Crippen molar-refractivity contribution in [2.24, 2.45) is 0 Å². The van der Waals surface area contributed by atoms with Crippen LogP contribution >= 0.6 is 0 Å². The Kier molecular flexibility index (Phi) is 5.06. The van der Waals surface area contributed by atoms with Crippen molar-refractivity contribution in [2.75, 3.05) is 7.11 Å². The molecule has 2 N–H and O–H groups in total. The summed E-state index contributed by atoms with van der Waals surface area (Å²) >= 11 is 0. The number of phenolic OH excluding ortho intramolecular Hbond substituents is 2. The minimum atomic E-state index is 0.0476. The molecule has 0 aliphatic rings. The minimum absolute atomic E-state index is 0.0476. The molecule has 0 saturated heterocycles. The molecular weight excluding hydrogens is 228 g/mol. The summed E-state index contributed by atoms with van der Waals surface area (Å²) in [5.74, 6) is 0.926. The van der Waals surface area contributed by atoms with Crippen LogP contribution in [0.4, 0.5) is 0 Å². The van der Waals surface area contributed by atoms with E-state index in [4.69, 9.17) is 4.74 Å². The standard InChI is InChI=1S/C15H18O3/c1-11(4-6-12(2)18-3)5-7-13-8-14(16)10-15(17)9-13/h4-10,16-17H,1-3H3/b7-5+,11-4+,12-6+. The summed E-state index contributed by atoms with van der Waals surface area (Å²) in [5, 5.41) is 18.7. The highest BCUT2D eigenvalue weighted by molar-refractivity contribution is 5.57. The molecule has 3 nitrogen and oxygen atoms in total. The number of methoxy groups -OCH3 is 1. The molecule has 1 aromatic rings. The second-order valence-corrected chi connectivity index (χ2v) is 4.01. The van der Waals surface area contributed by atoms with Gasteiger partial charge < -0.3 is 14.9 Å². The van der Waals surface area contributed by atoms with Crippen LogP contribution in [0.1, 0.15) is 19.4 Å². The summed E-state index contributed by atoms with van der Waals surface area (Å²) in [6, 6.07) is 4.46. The third-order valence-electron chi connectivity index (χ3n) is 2.37. The van der Waals surface area contributed by atoms with Crippen molar-refractivity contribution in [3.8, 4) is 11.5 Å². The first-order valence-corrected chi connectivity index (χ1v) is 5.61. The molecule has 96 valence electrons. The minimum Gasteiger partial charge on any atom is -0.508 e. The van der Waals surface area contributed by atoms with Crippen LogP contribution in [-0.2, 0) is 4.74 Å². The Labute approximate surface area is 107 Å². The Balaban J connectivity index is 2.80. The molecule has 1 rings (SSSR count). The van der Waals surface area contributed by atoms with Gasteiger partial charge in [-0.1, -0.05) is 23.8 Å². The molecule has 0 atom stereocenters. The third kappa shape index (κ3) is 4.78. The van der Waals surface area contributed by atoms with E-state index >= 15 is 0 Å². The van der Waals surface area contributed by atoms with Gasteiger partial charge in [0.25, 0.3) is 0 Å². The fourth-order valence-corrected chi connectivity index (χ4v) is 1.31. The second kappa shape index (κ2) is 6.55. The molecule has 0 bridgehead atoms. The molecule has 0 radical (unpaired) electrons. The largest absolute Gasteiger partial charge is 0.508 e. The number of aromatic hydroxyl groups is 2. The lowest BCUT2D eigenvalue weighted by molar-refractivity contribution is 0.294. The van der Waals surface area contributed by atoms with Crippen LogP contribution in [0.3, 0.4) is 0 Å². The summed E-state index contributed by atoms with van der Waals surface area (Å²) in [6.07, 6.45) is 7.52. The zero-order valence-electron chi connectivity index (χ0n) is 10.8. The van der Waals surface area contributed by atoms with Gasteiger partial charge in [0.15, 0.2) is 0 Å². The molecule has 0 spiro atoms. The summed E-state index contributed by atoms with van der Waals surface area (Å²) in [5.41, 5.74) is 1.78. The molecule has 0 heterocycles. The van der Waals surface area contributed by atoms with Gasteiger partial charge in [-0.3, -0.25) is 0 Å². The van der Waals surface area contributed by atoms with Gasteiger partial charge in [-0.25, -0.2) is 0 Å². The molecule has 3 heteroatoms. The van der Waals surface area contributed by atoms with Gasteiger partial charge in [0.05, 0.1) is 12.9 Å². The monoisotopic (exact) mass is 246 g/mol. The number of ether oxygens (including phenoxy) is 1. The first kappa shape index (κ1) is 13.9. The summed E-state index contributed by atoms with van der Waals surface area (Å²) in [7, 11) is 1.63. The van der Waals surface area contributed by atoms with E-state index in [-0.39, 0.29) is 11.5 Å². The Bertz CT molecular complexity index is 476. The van der Waals surface area contributed by atoms with Crippen LogP contribution < -0.4 is 0 Å². The van der Waals surface area contributed by atoms with Crippen molar-refractivity contribution in [1.82, 2.24) is 0 Å². The molecule has 0 aliphatic carbocycles. The van der Waals surface area contributed by atoms with Gasteiger partial charge in [-0.15, -0.1) is 0 Å². The van der Waals surface area contributed by atoms with Crippen molar-refractivity contribution in [3.05, 3.63) is 53.3 Å². The van der Waals surface area contributed by atoms with E-state index in [0.29, 0.717) is 0 Å². The fourth-order valence-electron chi connectivity index (χ4n) is 1.31. The Morgan fingerprint density at radius 1 is 1.06 bits per heavy atom.